The van der Waals surface area contributed by atoms with E-state index in [1.807, 2.05) is 0 Å². The zero-order valence-electron chi connectivity index (χ0n) is 19.0. The first-order valence-corrected chi connectivity index (χ1v) is 10.5. The van der Waals surface area contributed by atoms with Gasteiger partial charge >= 0.3 is 6.18 Å². The number of hydrogen-bond acceptors (Lipinski definition) is 7. The van der Waals surface area contributed by atoms with E-state index >= 15 is 0 Å². The second-order valence-electron chi connectivity index (χ2n) is 7.58. The lowest BCUT2D eigenvalue weighted by atomic mass is 10.0. The second-order valence-corrected chi connectivity index (χ2v) is 7.58. The van der Waals surface area contributed by atoms with Crippen molar-refractivity contribution in [2.75, 3.05) is 12.4 Å². The van der Waals surface area contributed by atoms with Crippen molar-refractivity contribution in [3.63, 3.8) is 0 Å². The molecule has 0 saturated carbocycles. The minimum atomic E-state index is -4.67. The van der Waals surface area contributed by atoms with Crippen molar-refractivity contribution in [2.45, 2.75) is 13.1 Å². The summed E-state index contributed by atoms with van der Waals surface area (Å²) in [6.45, 7) is 1.74. The third-order valence-corrected chi connectivity index (χ3v) is 5.14. The van der Waals surface area contributed by atoms with Crippen LogP contribution in [0.25, 0.3) is 22.4 Å². The second kappa shape index (κ2) is 9.86. The molecule has 4 rings (SSSR count). The van der Waals surface area contributed by atoms with E-state index in [0.717, 1.165) is 6.20 Å². The quantitative estimate of drug-likeness (QED) is 0.432. The summed E-state index contributed by atoms with van der Waals surface area (Å²) in [7, 11) is 1.51. The summed E-state index contributed by atoms with van der Waals surface area (Å²) in [6, 6.07) is 8.54. The molecule has 0 atom stereocenters. The Bertz CT molecular complexity index is 1460. The lowest BCUT2D eigenvalue weighted by Crippen LogP contribution is -2.19. The number of halogens is 3. The van der Waals surface area contributed by atoms with Crippen molar-refractivity contribution in [1.82, 2.24) is 30.5 Å². The van der Waals surface area contributed by atoms with Crippen LogP contribution in [-0.2, 0) is 6.18 Å². The van der Waals surface area contributed by atoms with Gasteiger partial charge in [-0.3, -0.25) is 24.5 Å². The number of amides is 2. The van der Waals surface area contributed by atoms with Crippen molar-refractivity contribution in [2.24, 2.45) is 0 Å². The monoisotopic (exact) mass is 493 g/mol. The van der Waals surface area contributed by atoms with E-state index in [9.17, 15) is 22.8 Å². The first-order valence-electron chi connectivity index (χ1n) is 10.5. The molecule has 4 aromatic rings. The summed E-state index contributed by atoms with van der Waals surface area (Å²) >= 11 is 0. The lowest BCUT2D eigenvalue weighted by molar-refractivity contribution is -0.141. The Morgan fingerprint density at radius 3 is 2.42 bits per heavy atom. The molecule has 0 spiro atoms. The van der Waals surface area contributed by atoms with Crippen molar-refractivity contribution >= 4 is 17.5 Å². The van der Waals surface area contributed by atoms with Gasteiger partial charge in [-0.25, -0.2) is 0 Å². The normalized spacial score (nSPS) is 11.1. The molecule has 0 aromatic carbocycles. The molecule has 0 aliphatic rings. The molecule has 2 amide bonds. The molecule has 12 heteroatoms. The Labute approximate surface area is 202 Å². The predicted octanol–water partition coefficient (Wildman–Crippen LogP) is 3.93. The fourth-order valence-electron chi connectivity index (χ4n) is 3.31. The first kappa shape index (κ1) is 24.4. The van der Waals surface area contributed by atoms with E-state index in [2.05, 4.69) is 35.8 Å². The highest BCUT2D eigenvalue weighted by atomic mass is 19.4. The van der Waals surface area contributed by atoms with E-state index in [0.29, 0.717) is 34.1 Å². The molecule has 0 fully saturated rings. The number of anilines is 1. The van der Waals surface area contributed by atoms with Gasteiger partial charge in [0.2, 0.25) is 0 Å². The largest absolute Gasteiger partial charge is 0.433 e. The van der Waals surface area contributed by atoms with Crippen molar-refractivity contribution in [3.05, 3.63) is 83.8 Å². The summed E-state index contributed by atoms with van der Waals surface area (Å²) in [5, 5.41) is 13.3. The van der Waals surface area contributed by atoms with Crippen LogP contribution in [0.1, 0.15) is 32.2 Å². The van der Waals surface area contributed by atoms with Gasteiger partial charge in [0.25, 0.3) is 11.8 Å². The van der Waals surface area contributed by atoms with E-state index in [4.69, 9.17) is 0 Å². The molecule has 9 nitrogen and oxygen atoms in total. The van der Waals surface area contributed by atoms with Crippen molar-refractivity contribution in [1.29, 1.82) is 0 Å². The third-order valence-electron chi connectivity index (χ3n) is 5.14. The SMILES string of the molecule is CNC(=O)c1cc(-c2cnnc(-c3cc(NC(=O)c4ccnc(C(F)(F)F)c4)cnc3C)c2)ccn1. The number of aryl methyl sites for hydroxylation is 1. The van der Waals surface area contributed by atoms with Gasteiger partial charge in [0.15, 0.2) is 0 Å². The van der Waals surface area contributed by atoms with Gasteiger partial charge in [-0.05, 0) is 48.9 Å². The summed E-state index contributed by atoms with van der Waals surface area (Å²) in [5.74, 6) is -1.09. The number of carbonyl (C=O) groups is 2. The number of aromatic nitrogens is 5. The van der Waals surface area contributed by atoms with E-state index in [-0.39, 0.29) is 22.9 Å². The molecule has 4 heterocycles. The fraction of sp³-hybridized carbons (Fsp3) is 0.125. The van der Waals surface area contributed by atoms with Crippen LogP contribution in [0, 0.1) is 6.92 Å². The van der Waals surface area contributed by atoms with Crippen LogP contribution in [0.5, 0.6) is 0 Å². The smallest absolute Gasteiger partial charge is 0.354 e. The standard InChI is InChI=1S/C24H18F3N7O2/c1-13-18(19-8-16(11-32-34-19)14-3-5-29-20(7-14)23(36)28-2)10-17(12-31-13)33-22(35)15-4-6-30-21(9-15)24(25,26)27/h3-12H,1-2H3,(H,28,36)(H,33,35). The molecule has 0 radical (unpaired) electrons. The molecule has 0 saturated heterocycles. The molecule has 36 heavy (non-hydrogen) atoms. The molecule has 4 aromatic heterocycles. The van der Waals surface area contributed by atoms with Gasteiger partial charge in [-0.15, -0.1) is 0 Å². The molecule has 0 unspecified atom stereocenters. The van der Waals surface area contributed by atoms with Crippen LogP contribution in [-0.4, -0.2) is 44.0 Å². The average molecular weight is 493 g/mol. The Hall–Kier alpha value is -4.74. The van der Waals surface area contributed by atoms with Crippen molar-refractivity contribution in [3.8, 4) is 22.4 Å². The minimum absolute atomic E-state index is 0.203. The molecule has 182 valence electrons. The fourth-order valence-corrected chi connectivity index (χ4v) is 3.31. The van der Waals surface area contributed by atoms with E-state index < -0.39 is 17.8 Å². The Morgan fingerprint density at radius 2 is 1.67 bits per heavy atom. The number of rotatable bonds is 5. The maximum Gasteiger partial charge on any atom is 0.433 e. The predicted molar refractivity (Wildman–Crippen MR) is 124 cm³/mol. The Kier molecular flexibility index (Phi) is 6.68. The van der Waals surface area contributed by atoms with Crippen molar-refractivity contribution < 1.29 is 22.8 Å². The zero-order valence-corrected chi connectivity index (χ0v) is 19.0. The van der Waals surface area contributed by atoms with Crippen LogP contribution in [0.2, 0.25) is 0 Å². The number of hydrogen-bond donors (Lipinski definition) is 2. The summed E-state index contributed by atoms with van der Waals surface area (Å²) < 4.78 is 38.8. The van der Waals surface area contributed by atoms with Gasteiger partial charge in [0, 0.05) is 41.8 Å². The van der Waals surface area contributed by atoms with E-state index in [1.54, 1.807) is 31.2 Å². The average Bonchev–Trinajstić information content (AvgIpc) is 2.89. The number of nitrogens with one attached hydrogen (secondary N) is 2. The number of pyridine rings is 3. The van der Waals surface area contributed by atoms with Crippen LogP contribution in [0.15, 0.2) is 61.2 Å². The third kappa shape index (κ3) is 5.32. The highest BCUT2D eigenvalue weighted by molar-refractivity contribution is 6.04. The maximum atomic E-state index is 12.9. The minimum Gasteiger partial charge on any atom is -0.354 e. The van der Waals surface area contributed by atoms with Gasteiger partial charge in [0.05, 0.1) is 23.8 Å². The molecule has 2 N–H and O–H groups in total. The van der Waals surface area contributed by atoms with Gasteiger partial charge in [0.1, 0.15) is 11.4 Å². The summed E-state index contributed by atoms with van der Waals surface area (Å²) in [5.41, 5.74) is 2.05. The molecular weight excluding hydrogens is 475 g/mol. The molecular formula is C24H18F3N7O2. The van der Waals surface area contributed by atoms with Gasteiger partial charge in [-0.2, -0.15) is 23.4 Å². The van der Waals surface area contributed by atoms with Crippen LogP contribution >= 0.6 is 0 Å². The first-order chi connectivity index (χ1) is 17.2. The highest BCUT2D eigenvalue weighted by Crippen LogP contribution is 2.29. The number of nitrogens with zero attached hydrogens (tertiary/aromatic N) is 5. The summed E-state index contributed by atoms with van der Waals surface area (Å²) in [4.78, 5) is 36.1. The number of carbonyl (C=O) groups excluding carboxylic acids is 2. The molecule has 0 bridgehead atoms. The number of alkyl halides is 3. The zero-order chi connectivity index (χ0) is 25.9. The van der Waals surface area contributed by atoms with Gasteiger partial charge in [-0.1, -0.05) is 0 Å². The van der Waals surface area contributed by atoms with Crippen LogP contribution in [0.4, 0.5) is 18.9 Å². The molecule has 0 aliphatic carbocycles. The van der Waals surface area contributed by atoms with Gasteiger partial charge < -0.3 is 10.6 Å². The van der Waals surface area contributed by atoms with E-state index in [1.165, 1.54) is 31.7 Å². The Balaban J connectivity index is 1.63. The summed E-state index contributed by atoms with van der Waals surface area (Å²) in [6.07, 6.45) is 0.675. The topological polar surface area (TPSA) is 123 Å². The highest BCUT2D eigenvalue weighted by Gasteiger charge is 2.33. The lowest BCUT2D eigenvalue weighted by Gasteiger charge is -2.11. The maximum absolute atomic E-state index is 12.9. The van der Waals surface area contributed by atoms with Crippen LogP contribution < -0.4 is 10.6 Å². The Morgan fingerprint density at radius 1 is 0.889 bits per heavy atom. The molecule has 0 aliphatic heterocycles. The van der Waals surface area contributed by atoms with Crippen LogP contribution in [0.3, 0.4) is 0 Å².